The molecule has 1 aliphatic rings. The number of nitrogens with one attached hydrogen (secondary N) is 1. The lowest BCUT2D eigenvalue weighted by Gasteiger charge is -2.38. The van der Waals surface area contributed by atoms with Crippen LogP contribution in [-0.4, -0.2) is 24.0 Å². The average Bonchev–Trinajstić information content (AvgIpc) is 2.73. The molecule has 2 heterocycles. The van der Waals surface area contributed by atoms with Crippen molar-refractivity contribution in [3.8, 4) is 0 Å². The minimum atomic E-state index is -1.96. The number of ether oxygens (including phenoxy) is 1. The summed E-state index contributed by atoms with van der Waals surface area (Å²) >= 11 is 0. The van der Waals surface area contributed by atoms with Crippen molar-refractivity contribution < 1.29 is 9.16 Å². The molecule has 0 saturated carbocycles. The highest BCUT2D eigenvalue weighted by Crippen LogP contribution is 2.41. The van der Waals surface area contributed by atoms with E-state index in [4.69, 9.17) is 9.16 Å². The third kappa shape index (κ3) is 3.50. The molecule has 1 aromatic heterocycles. The molecular formula is C16H26N2O4Si. The van der Waals surface area contributed by atoms with Gasteiger partial charge in [-0.15, -0.1) is 0 Å². The highest BCUT2D eigenvalue weighted by Gasteiger charge is 2.43. The lowest BCUT2D eigenvalue weighted by atomic mass is 10.2. The Morgan fingerprint density at radius 3 is 2.57 bits per heavy atom. The van der Waals surface area contributed by atoms with Crippen molar-refractivity contribution in [2.45, 2.75) is 64.6 Å². The number of nitrogens with zero attached hydrogens (tertiary/aromatic N) is 1. The molecule has 2 rings (SSSR count). The van der Waals surface area contributed by atoms with Crippen molar-refractivity contribution in [2.24, 2.45) is 0 Å². The van der Waals surface area contributed by atoms with Gasteiger partial charge < -0.3 is 9.16 Å². The SMILES string of the molecule is C=C1O[C@@H](n2cc(C)c(=O)[nH]c2=O)C[C@@H]1O[Si](C)(C)C(C)(C)C. The average molecular weight is 338 g/mol. The van der Waals surface area contributed by atoms with Gasteiger partial charge in [0.25, 0.3) is 5.56 Å². The van der Waals surface area contributed by atoms with Crippen molar-refractivity contribution in [1.82, 2.24) is 9.55 Å². The van der Waals surface area contributed by atoms with Crippen LogP contribution in [0.15, 0.2) is 28.1 Å². The third-order valence-electron chi connectivity index (χ3n) is 4.76. The van der Waals surface area contributed by atoms with E-state index in [9.17, 15) is 9.59 Å². The van der Waals surface area contributed by atoms with Crippen LogP contribution in [0.3, 0.4) is 0 Å². The van der Waals surface area contributed by atoms with Gasteiger partial charge in [-0.3, -0.25) is 14.3 Å². The first-order valence-electron chi connectivity index (χ1n) is 7.78. The van der Waals surface area contributed by atoms with Gasteiger partial charge in [0.05, 0.1) is 0 Å². The zero-order valence-electron chi connectivity index (χ0n) is 14.7. The molecule has 0 spiro atoms. The summed E-state index contributed by atoms with van der Waals surface area (Å²) in [6, 6.07) is 0. The van der Waals surface area contributed by atoms with Crippen molar-refractivity contribution in [3.05, 3.63) is 44.9 Å². The van der Waals surface area contributed by atoms with E-state index in [-0.39, 0.29) is 16.7 Å². The summed E-state index contributed by atoms with van der Waals surface area (Å²) in [6.07, 6.45) is 1.30. The minimum Gasteiger partial charge on any atom is -0.472 e. The molecule has 128 valence electrons. The predicted octanol–water partition coefficient (Wildman–Crippen LogP) is 2.67. The fraction of sp³-hybridized carbons (Fsp3) is 0.625. The summed E-state index contributed by atoms with van der Waals surface area (Å²) in [4.78, 5) is 25.8. The van der Waals surface area contributed by atoms with Crippen LogP contribution < -0.4 is 11.2 Å². The predicted molar refractivity (Wildman–Crippen MR) is 92.0 cm³/mol. The van der Waals surface area contributed by atoms with Crippen LogP contribution in [0.2, 0.25) is 18.1 Å². The van der Waals surface area contributed by atoms with E-state index < -0.39 is 20.2 Å². The van der Waals surface area contributed by atoms with E-state index in [1.807, 2.05) is 0 Å². The van der Waals surface area contributed by atoms with Gasteiger partial charge >= 0.3 is 5.69 Å². The monoisotopic (exact) mass is 338 g/mol. The Hall–Kier alpha value is -1.60. The summed E-state index contributed by atoms with van der Waals surface area (Å²) in [5.74, 6) is 0.538. The summed E-state index contributed by atoms with van der Waals surface area (Å²) in [5, 5.41) is 0.0801. The topological polar surface area (TPSA) is 73.3 Å². The van der Waals surface area contributed by atoms with Crippen molar-refractivity contribution in [3.63, 3.8) is 0 Å². The van der Waals surface area contributed by atoms with Crippen LogP contribution in [-0.2, 0) is 9.16 Å². The maximum Gasteiger partial charge on any atom is 0.331 e. The van der Waals surface area contributed by atoms with Gasteiger partial charge in [0.15, 0.2) is 14.5 Å². The van der Waals surface area contributed by atoms with Crippen LogP contribution in [0.1, 0.15) is 39.0 Å². The third-order valence-corrected chi connectivity index (χ3v) is 9.25. The summed E-state index contributed by atoms with van der Waals surface area (Å²) < 4.78 is 13.5. The summed E-state index contributed by atoms with van der Waals surface area (Å²) in [7, 11) is -1.96. The second-order valence-corrected chi connectivity index (χ2v) is 12.4. The largest absolute Gasteiger partial charge is 0.472 e. The molecular weight excluding hydrogens is 312 g/mol. The highest BCUT2D eigenvalue weighted by molar-refractivity contribution is 6.74. The molecule has 1 N–H and O–H groups in total. The first-order chi connectivity index (χ1) is 10.4. The molecule has 1 aliphatic heterocycles. The van der Waals surface area contributed by atoms with E-state index in [0.717, 1.165) is 0 Å². The number of aromatic amines is 1. The molecule has 0 aliphatic carbocycles. The van der Waals surface area contributed by atoms with Gasteiger partial charge in [-0.1, -0.05) is 27.4 Å². The van der Waals surface area contributed by atoms with E-state index in [1.165, 1.54) is 10.8 Å². The Bertz CT molecular complexity index is 727. The number of aryl methyl sites for hydroxylation is 1. The fourth-order valence-electron chi connectivity index (χ4n) is 2.23. The van der Waals surface area contributed by atoms with Crippen LogP contribution in [0.5, 0.6) is 0 Å². The Labute approximate surface area is 137 Å². The van der Waals surface area contributed by atoms with Crippen LogP contribution in [0.25, 0.3) is 0 Å². The van der Waals surface area contributed by atoms with Crippen molar-refractivity contribution >= 4 is 8.32 Å². The molecule has 1 aromatic rings. The van der Waals surface area contributed by atoms with Crippen LogP contribution in [0.4, 0.5) is 0 Å². The summed E-state index contributed by atoms with van der Waals surface area (Å²) in [5.41, 5.74) is -0.392. The van der Waals surface area contributed by atoms with E-state index >= 15 is 0 Å². The molecule has 1 saturated heterocycles. The molecule has 0 bridgehead atoms. The number of hydrogen-bond acceptors (Lipinski definition) is 4. The Morgan fingerprint density at radius 1 is 1.39 bits per heavy atom. The lowest BCUT2D eigenvalue weighted by Crippen LogP contribution is -2.43. The molecule has 2 atom stereocenters. The van der Waals surface area contributed by atoms with Crippen LogP contribution in [0, 0.1) is 6.92 Å². The Kier molecular flexibility index (Phi) is 4.47. The molecule has 7 heteroatoms. The van der Waals surface area contributed by atoms with Gasteiger partial charge in [-0.05, 0) is 25.1 Å². The molecule has 0 unspecified atom stereocenters. The number of H-pyrrole nitrogens is 1. The van der Waals surface area contributed by atoms with Crippen LogP contribution >= 0.6 is 0 Å². The van der Waals surface area contributed by atoms with Crippen molar-refractivity contribution in [1.29, 1.82) is 0 Å². The quantitative estimate of drug-likeness (QED) is 0.860. The number of rotatable bonds is 3. The molecule has 0 radical (unpaired) electrons. The fourth-order valence-corrected chi connectivity index (χ4v) is 3.52. The zero-order chi connectivity index (χ0) is 17.6. The Balaban J connectivity index is 2.23. The number of aromatic nitrogens is 2. The molecule has 6 nitrogen and oxygen atoms in total. The normalized spacial score (nSPS) is 22.3. The van der Waals surface area contributed by atoms with Gasteiger partial charge in [-0.25, -0.2) is 4.79 Å². The summed E-state index contributed by atoms with van der Waals surface area (Å²) in [6.45, 7) is 16.4. The first-order valence-corrected chi connectivity index (χ1v) is 10.7. The van der Waals surface area contributed by atoms with E-state index in [0.29, 0.717) is 17.7 Å². The molecule has 1 fully saturated rings. The van der Waals surface area contributed by atoms with E-state index in [2.05, 4.69) is 45.4 Å². The van der Waals surface area contributed by atoms with Gasteiger partial charge in [-0.2, -0.15) is 0 Å². The smallest absolute Gasteiger partial charge is 0.331 e. The first kappa shape index (κ1) is 17.7. The molecule has 23 heavy (non-hydrogen) atoms. The molecule has 0 aromatic carbocycles. The Morgan fingerprint density at radius 2 is 2.00 bits per heavy atom. The van der Waals surface area contributed by atoms with Crippen molar-refractivity contribution in [2.75, 3.05) is 0 Å². The maximum atomic E-state index is 12.0. The lowest BCUT2D eigenvalue weighted by molar-refractivity contribution is 0.0933. The van der Waals surface area contributed by atoms with Gasteiger partial charge in [0, 0.05) is 18.2 Å². The highest BCUT2D eigenvalue weighted by atomic mass is 28.4. The molecule has 0 amide bonds. The second kappa shape index (κ2) is 5.79. The minimum absolute atomic E-state index is 0.0801. The standard InChI is InChI=1S/C16H26N2O4Si/c1-10-9-18(15(20)17-14(10)19)13-8-12(11(2)21-13)22-23(6,7)16(3,4)5/h9,12-13H,2,8H2,1,3-7H3,(H,17,19,20)/t12-,13+/m0/s1. The van der Waals surface area contributed by atoms with Gasteiger partial charge in [0.2, 0.25) is 0 Å². The maximum absolute atomic E-state index is 12.0. The number of hydrogen-bond donors (Lipinski definition) is 1. The van der Waals surface area contributed by atoms with Gasteiger partial charge in [0.1, 0.15) is 11.9 Å². The second-order valence-electron chi connectivity index (χ2n) is 7.62. The van der Waals surface area contributed by atoms with E-state index in [1.54, 1.807) is 6.92 Å². The zero-order valence-corrected chi connectivity index (χ0v) is 15.7.